The molecule has 0 fully saturated rings. The van der Waals surface area contributed by atoms with Crippen LogP contribution in [0.5, 0.6) is 0 Å². The molecule has 0 spiro atoms. The molecule has 0 saturated carbocycles. The lowest BCUT2D eigenvalue weighted by Gasteiger charge is -2.15. The number of nitrogens with zero attached hydrogens (tertiary/aromatic N) is 2. The van der Waals surface area contributed by atoms with Crippen LogP contribution in [0.1, 0.15) is 28.2 Å². The first-order chi connectivity index (χ1) is 10.4. The lowest BCUT2D eigenvalue weighted by molar-refractivity contribution is -0.384. The molecule has 0 saturated heterocycles. The van der Waals surface area contributed by atoms with Crippen LogP contribution in [0, 0.1) is 10.1 Å². The van der Waals surface area contributed by atoms with E-state index in [2.05, 4.69) is 5.32 Å². The zero-order chi connectivity index (χ0) is 16.3. The Morgan fingerprint density at radius 1 is 1.36 bits per heavy atom. The molecule has 1 amide bonds. The van der Waals surface area contributed by atoms with Gasteiger partial charge in [-0.2, -0.15) is 0 Å². The van der Waals surface area contributed by atoms with Crippen molar-refractivity contribution < 1.29 is 9.72 Å². The third kappa shape index (κ3) is 3.43. The highest BCUT2D eigenvalue weighted by atomic mass is 32.1. The fourth-order valence-corrected chi connectivity index (χ4v) is 2.81. The minimum atomic E-state index is -0.477. The van der Waals surface area contributed by atoms with Gasteiger partial charge in [-0.25, -0.2) is 0 Å². The van der Waals surface area contributed by atoms with Crippen molar-refractivity contribution in [3.63, 3.8) is 0 Å². The van der Waals surface area contributed by atoms with E-state index in [1.807, 2.05) is 24.4 Å². The molecule has 0 radical (unpaired) electrons. The topological polar surface area (TPSA) is 75.5 Å². The van der Waals surface area contributed by atoms with Gasteiger partial charge >= 0.3 is 0 Å². The quantitative estimate of drug-likeness (QED) is 0.678. The normalized spacial score (nSPS) is 11.8. The van der Waals surface area contributed by atoms with E-state index in [1.54, 1.807) is 42.5 Å². The summed E-state index contributed by atoms with van der Waals surface area (Å²) in [5.41, 5.74) is 0.662. The smallest absolute Gasteiger partial charge is 0.293 e. The second-order valence-electron chi connectivity index (χ2n) is 5.07. The zero-order valence-electron chi connectivity index (χ0n) is 12.6. The molecule has 0 aliphatic rings. The molecule has 1 aromatic heterocycles. The number of hydrogen-bond acceptors (Lipinski definition) is 5. The second-order valence-corrected chi connectivity index (χ2v) is 6.04. The predicted octanol–water partition coefficient (Wildman–Crippen LogP) is 3.21. The Kier molecular flexibility index (Phi) is 4.77. The molecule has 1 heterocycles. The van der Waals surface area contributed by atoms with Gasteiger partial charge in [0.25, 0.3) is 11.6 Å². The van der Waals surface area contributed by atoms with Gasteiger partial charge in [0.15, 0.2) is 0 Å². The number of nitro groups is 1. The molecule has 1 N–H and O–H groups in total. The van der Waals surface area contributed by atoms with Crippen molar-refractivity contribution in [3.8, 4) is 0 Å². The number of amides is 1. The molecule has 1 unspecified atom stereocenters. The molecular formula is C15H17N3O3S. The third-order valence-corrected chi connectivity index (χ3v) is 4.29. The number of anilines is 1. The summed E-state index contributed by atoms with van der Waals surface area (Å²) in [6.07, 6.45) is 0. The highest BCUT2D eigenvalue weighted by Crippen LogP contribution is 2.28. The van der Waals surface area contributed by atoms with E-state index in [9.17, 15) is 14.9 Å². The Hall–Kier alpha value is -2.41. The summed E-state index contributed by atoms with van der Waals surface area (Å²) in [7, 11) is 3.45. The van der Waals surface area contributed by atoms with E-state index in [4.69, 9.17) is 0 Å². The Labute approximate surface area is 132 Å². The highest BCUT2D eigenvalue weighted by Gasteiger charge is 2.20. The SMILES string of the molecule is CC(NC(=O)c1ccc(N(C)C)c([N+](=O)[O-])c1)c1cccs1. The average molecular weight is 319 g/mol. The molecule has 0 bridgehead atoms. The van der Waals surface area contributed by atoms with Crippen molar-refractivity contribution in [1.29, 1.82) is 0 Å². The van der Waals surface area contributed by atoms with Crippen LogP contribution < -0.4 is 10.2 Å². The lowest BCUT2D eigenvalue weighted by Crippen LogP contribution is -2.26. The maximum Gasteiger partial charge on any atom is 0.293 e. The number of hydrogen-bond donors (Lipinski definition) is 1. The average Bonchev–Trinajstić information content (AvgIpc) is 3.00. The van der Waals surface area contributed by atoms with E-state index in [0.717, 1.165) is 4.88 Å². The van der Waals surface area contributed by atoms with Crippen LogP contribution in [0.15, 0.2) is 35.7 Å². The van der Waals surface area contributed by atoms with Gasteiger partial charge in [-0.3, -0.25) is 14.9 Å². The highest BCUT2D eigenvalue weighted by molar-refractivity contribution is 7.10. The van der Waals surface area contributed by atoms with Crippen LogP contribution in [0.25, 0.3) is 0 Å². The van der Waals surface area contributed by atoms with Crippen LogP contribution >= 0.6 is 11.3 Å². The molecule has 6 nitrogen and oxygen atoms in total. The van der Waals surface area contributed by atoms with Crippen molar-refractivity contribution in [2.24, 2.45) is 0 Å². The van der Waals surface area contributed by atoms with E-state index in [-0.39, 0.29) is 23.2 Å². The summed E-state index contributed by atoms with van der Waals surface area (Å²) < 4.78 is 0. The number of carbonyl (C=O) groups excluding carboxylic acids is 1. The van der Waals surface area contributed by atoms with Crippen molar-refractivity contribution in [2.75, 3.05) is 19.0 Å². The molecule has 1 aromatic carbocycles. The lowest BCUT2D eigenvalue weighted by atomic mass is 10.1. The summed E-state index contributed by atoms with van der Waals surface area (Å²) >= 11 is 1.55. The first-order valence-electron chi connectivity index (χ1n) is 6.70. The van der Waals surface area contributed by atoms with Crippen LogP contribution in [0.2, 0.25) is 0 Å². The van der Waals surface area contributed by atoms with Gasteiger partial charge in [0.1, 0.15) is 5.69 Å². The van der Waals surface area contributed by atoms with Crippen molar-refractivity contribution >= 4 is 28.6 Å². The Morgan fingerprint density at radius 2 is 2.09 bits per heavy atom. The van der Waals surface area contributed by atoms with E-state index in [1.165, 1.54) is 6.07 Å². The van der Waals surface area contributed by atoms with Crippen LogP contribution in [0.4, 0.5) is 11.4 Å². The summed E-state index contributed by atoms with van der Waals surface area (Å²) in [6, 6.07) is 8.21. The molecule has 7 heteroatoms. The third-order valence-electron chi connectivity index (χ3n) is 3.23. The molecule has 1 atom stereocenters. The van der Waals surface area contributed by atoms with Gasteiger partial charge in [0.2, 0.25) is 0 Å². The molecule has 2 rings (SSSR count). The number of thiophene rings is 1. The first-order valence-corrected chi connectivity index (χ1v) is 7.58. The zero-order valence-corrected chi connectivity index (χ0v) is 13.4. The molecule has 116 valence electrons. The number of carbonyl (C=O) groups is 1. The number of nitrogens with one attached hydrogen (secondary N) is 1. The second kappa shape index (κ2) is 6.57. The summed E-state index contributed by atoms with van der Waals surface area (Å²) in [4.78, 5) is 25.6. The Morgan fingerprint density at radius 3 is 2.64 bits per heavy atom. The number of benzene rings is 1. The van der Waals surface area contributed by atoms with Gasteiger partial charge in [0, 0.05) is 30.6 Å². The Bertz CT molecular complexity index is 683. The van der Waals surface area contributed by atoms with Gasteiger partial charge in [0.05, 0.1) is 11.0 Å². The minimum absolute atomic E-state index is 0.0820. The number of nitro benzene ring substituents is 1. The van der Waals surface area contributed by atoms with Crippen LogP contribution in [-0.4, -0.2) is 24.9 Å². The largest absolute Gasteiger partial charge is 0.372 e. The maximum atomic E-state index is 12.3. The molecule has 0 aliphatic heterocycles. The summed E-state index contributed by atoms with van der Waals surface area (Å²) in [5, 5.41) is 15.9. The predicted molar refractivity (Wildman–Crippen MR) is 87.6 cm³/mol. The van der Waals surface area contributed by atoms with Crippen LogP contribution in [-0.2, 0) is 0 Å². The standard InChI is InChI=1S/C15H17N3O3S/c1-10(14-5-4-8-22-14)16-15(19)11-6-7-12(17(2)3)13(9-11)18(20)21/h4-10H,1-3H3,(H,16,19). The van der Waals surface area contributed by atoms with Gasteiger partial charge in [-0.05, 0) is 30.5 Å². The molecule has 0 aliphatic carbocycles. The molecule has 2 aromatic rings. The van der Waals surface area contributed by atoms with E-state index < -0.39 is 4.92 Å². The van der Waals surface area contributed by atoms with Crippen molar-refractivity contribution in [2.45, 2.75) is 13.0 Å². The fraction of sp³-hybridized carbons (Fsp3) is 0.267. The first kappa shape index (κ1) is 16.0. The minimum Gasteiger partial charge on any atom is -0.372 e. The Balaban J connectivity index is 2.23. The molecule has 22 heavy (non-hydrogen) atoms. The van der Waals surface area contributed by atoms with Gasteiger partial charge in [-0.1, -0.05) is 6.07 Å². The monoisotopic (exact) mass is 319 g/mol. The van der Waals surface area contributed by atoms with Crippen LogP contribution in [0.3, 0.4) is 0 Å². The van der Waals surface area contributed by atoms with Crippen molar-refractivity contribution in [1.82, 2.24) is 5.32 Å². The molecular weight excluding hydrogens is 302 g/mol. The van der Waals surface area contributed by atoms with Crippen molar-refractivity contribution in [3.05, 3.63) is 56.3 Å². The van der Waals surface area contributed by atoms with Gasteiger partial charge in [-0.15, -0.1) is 11.3 Å². The van der Waals surface area contributed by atoms with E-state index in [0.29, 0.717) is 5.69 Å². The summed E-state index contributed by atoms with van der Waals surface area (Å²) in [6.45, 7) is 1.88. The fourth-order valence-electron chi connectivity index (χ4n) is 2.08. The maximum absolute atomic E-state index is 12.3. The number of rotatable bonds is 5. The van der Waals surface area contributed by atoms with E-state index >= 15 is 0 Å². The summed E-state index contributed by atoms with van der Waals surface area (Å²) in [5.74, 6) is -0.325. The van der Waals surface area contributed by atoms with Gasteiger partial charge < -0.3 is 10.2 Å².